The van der Waals surface area contributed by atoms with Crippen molar-refractivity contribution < 1.29 is 13.2 Å². The fraction of sp³-hybridized carbons (Fsp3) is 0.923. The number of sulfonamides is 1. The molecule has 3 N–H and O–H groups in total. The highest BCUT2D eigenvalue weighted by Gasteiger charge is 2.32. The predicted molar refractivity (Wildman–Crippen MR) is 77.5 cm³/mol. The zero-order valence-electron chi connectivity index (χ0n) is 12.0. The second-order valence-electron chi connectivity index (χ2n) is 5.84. The van der Waals surface area contributed by atoms with E-state index >= 15 is 0 Å². The number of nitrogens with two attached hydrogens (primary N) is 1. The number of nitrogens with zero attached hydrogens (tertiary/aromatic N) is 1. The van der Waals surface area contributed by atoms with E-state index in [4.69, 9.17) is 5.73 Å². The van der Waals surface area contributed by atoms with E-state index in [0.717, 1.165) is 25.7 Å². The molecule has 2 aliphatic rings. The number of piperidine rings is 1. The maximum absolute atomic E-state index is 12.1. The van der Waals surface area contributed by atoms with Crippen LogP contribution in [0.3, 0.4) is 0 Å². The van der Waals surface area contributed by atoms with Crippen LogP contribution in [0.2, 0.25) is 0 Å². The van der Waals surface area contributed by atoms with Crippen LogP contribution in [0, 0.1) is 11.8 Å². The van der Waals surface area contributed by atoms with Crippen LogP contribution in [-0.4, -0.2) is 50.1 Å². The molecule has 2 fully saturated rings. The summed E-state index contributed by atoms with van der Waals surface area (Å²) in [6, 6.07) is 0.0398. The maximum atomic E-state index is 12.1. The first kappa shape index (κ1) is 15.7. The van der Waals surface area contributed by atoms with E-state index in [-0.39, 0.29) is 23.6 Å². The first-order valence-electron chi connectivity index (χ1n) is 7.45. The van der Waals surface area contributed by atoms with Gasteiger partial charge in [0.15, 0.2) is 0 Å². The zero-order chi connectivity index (χ0) is 14.8. The van der Waals surface area contributed by atoms with Crippen LogP contribution in [0.4, 0.5) is 0 Å². The van der Waals surface area contributed by atoms with E-state index in [9.17, 15) is 13.2 Å². The lowest BCUT2D eigenvalue weighted by Crippen LogP contribution is -2.48. The number of nitrogens with one attached hydrogen (secondary N) is 1. The Hall–Kier alpha value is -0.660. The Morgan fingerprint density at radius 3 is 2.70 bits per heavy atom. The third-order valence-electron chi connectivity index (χ3n) is 4.25. The van der Waals surface area contributed by atoms with E-state index < -0.39 is 10.0 Å². The molecule has 116 valence electrons. The summed E-state index contributed by atoms with van der Waals surface area (Å²) < 4.78 is 25.2. The average molecular weight is 303 g/mol. The molecular formula is C13H25N3O3S. The van der Waals surface area contributed by atoms with Gasteiger partial charge in [-0.05, 0) is 38.5 Å². The Balaban J connectivity index is 1.83. The highest BCUT2D eigenvalue weighted by molar-refractivity contribution is 7.89. The second-order valence-corrected chi connectivity index (χ2v) is 8.10. The van der Waals surface area contributed by atoms with Crippen molar-refractivity contribution in [3.8, 4) is 0 Å². The van der Waals surface area contributed by atoms with Crippen LogP contribution in [-0.2, 0) is 14.8 Å². The molecule has 1 saturated heterocycles. The smallest absolute Gasteiger partial charge is 0.224 e. The molecule has 1 heterocycles. The van der Waals surface area contributed by atoms with E-state index in [1.165, 1.54) is 4.31 Å². The fourth-order valence-electron chi connectivity index (χ4n) is 2.65. The molecule has 0 radical (unpaired) electrons. The first-order valence-corrected chi connectivity index (χ1v) is 9.06. The summed E-state index contributed by atoms with van der Waals surface area (Å²) in [5.74, 6) is 0.348. The normalized spacial score (nSPS) is 26.2. The van der Waals surface area contributed by atoms with Crippen LogP contribution < -0.4 is 11.1 Å². The second kappa shape index (κ2) is 6.41. The topological polar surface area (TPSA) is 92.5 Å². The molecule has 1 aliphatic heterocycles. The number of hydrogen-bond acceptors (Lipinski definition) is 4. The highest BCUT2D eigenvalue weighted by Crippen LogP contribution is 2.31. The highest BCUT2D eigenvalue weighted by atomic mass is 32.2. The van der Waals surface area contributed by atoms with Gasteiger partial charge in [0.05, 0.1) is 11.7 Å². The molecule has 0 aromatic heterocycles. The Morgan fingerprint density at radius 1 is 1.40 bits per heavy atom. The summed E-state index contributed by atoms with van der Waals surface area (Å²) in [5, 5.41) is 2.88. The van der Waals surface area contributed by atoms with Crippen LogP contribution in [0.25, 0.3) is 0 Å². The van der Waals surface area contributed by atoms with Gasteiger partial charge in [-0.2, -0.15) is 0 Å². The van der Waals surface area contributed by atoms with Gasteiger partial charge in [0.1, 0.15) is 0 Å². The van der Waals surface area contributed by atoms with Crippen molar-refractivity contribution in [2.24, 2.45) is 17.6 Å². The van der Waals surface area contributed by atoms with Crippen molar-refractivity contribution in [2.75, 3.05) is 25.4 Å². The molecule has 2 unspecified atom stereocenters. The molecular weight excluding hydrogens is 278 g/mol. The zero-order valence-corrected chi connectivity index (χ0v) is 12.9. The predicted octanol–water partition coefficient (Wildman–Crippen LogP) is -0.0984. The lowest BCUT2D eigenvalue weighted by atomic mass is 9.98. The molecule has 1 aliphatic carbocycles. The SMILES string of the molecule is CCS(=O)(=O)N1CCCC(C(=O)NCC(N)C2CC2)C1. The lowest BCUT2D eigenvalue weighted by Gasteiger charge is -2.31. The quantitative estimate of drug-likeness (QED) is 0.717. The summed E-state index contributed by atoms with van der Waals surface area (Å²) >= 11 is 0. The summed E-state index contributed by atoms with van der Waals surface area (Å²) in [6.07, 6.45) is 3.80. The van der Waals surface area contributed by atoms with Crippen molar-refractivity contribution in [3.63, 3.8) is 0 Å². The van der Waals surface area contributed by atoms with Gasteiger partial charge >= 0.3 is 0 Å². The number of carbonyl (C=O) groups is 1. The van der Waals surface area contributed by atoms with Crippen LogP contribution >= 0.6 is 0 Å². The van der Waals surface area contributed by atoms with Gasteiger partial charge in [-0.3, -0.25) is 4.79 Å². The Morgan fingerprint density at radius 2 is 2.10 bits per heavy atom. The molecule has 0 aromatic carbocycles. The van der Waals surface area contributed by atoms with Gasteiger partial charge in [0.2, 0.25) is 15.9 Å². The van der Waals surface area contributed by atoms with Crippen LogP contribution in [0.1, 0.15) is 32.6 Å². The summed E-state index contributed by atoms with van der Waals surface area (Å²) in [4.78, 5) is 12.1. The minimum atomic E-state index is -3.19. The third kappa shape index (κ3) is 3.93. The first-order chi connectivity index (χ1) is 9.44. The molecule has 0 bridgehead atoms. The minimum Gasteiger partial charge on any atom is -0.354 e. The van der Waals surface area contributed by atoms with E-state index in [1.54, 1.807) is 6.92 Å². The molecule has 2 rings (SSSR count). The van der Waals surface area contributed by atoms with Crippen molar-refractivity contribution in [3.05, 3.63) is 0 Å². The Bertz CT molecular complexity index is 448. The monoisotopic (exact) mass is 303 g/mol. The minimum absolute atomic E-state index is 0.0398. The van der Waals surface area contributed by atoms with Crippen LogP contribution in [0.5, 0.6) is 0 Å². The van der Waals surface area contributed by atoms with Gasteiger partial charge in [-0.25, -0.2) is 12.7 Å². The molecule has 20 heavy (non-hydrogen) atoms. The summed E-state index contributed by atoms with van der Waals surface area (Å²) in [5.41, 5.74) is 5.95. The largest absolute Gasteiger partial charge is 0.354 e. The molecule has 2 atom stereocenters. The number of rotatable bonds is 6. The van der Waals surface area contributed by atoms with Crippen molar-refractivity contribution in [1.82, 2.24) is 9.62 Å². The average Bonchev–Trinajstić information content (AvgIpc) is 3.29. The number of carbonyl (C=O) groups excluding carboxylic acids is 1. The van der Waals surface area contributed by atoms with Gasteiger partial charge in [0.25, 0.3) is 0 Å². The molecule has 0 spiro atoms. The maximum Gasteiger partial charge on any atom is 0.224 e. The van der Waals surface area contributed by atoms with Gasteiger partial charge < -0.3 is 11.1 Å². The van der Waals surface area contributed by atoms with E-state index in [0.29, 0.717) is 25.6 Å². The molecule has 1 amide bonds. The molecule has 0 aromatic rings. The van der Waals surface area contributed by atoms with Gasteiger partial charge in [-0.15, -0.1) is 0 Å². The molecule has 1 saturated carbocycles. The lowest BCUT2D eigenvalue weighted by molar-refractivity contribution is -0.126. The molecule has 6 nitrogen and oxygen atoms in total. The van der Waals surface area contributed by atoms with Crippen LogP contribution in [0.15, 0.2) is 0 Å². The molecule has 7 heteroatoms. The Labute approximate surface area is 121 Å². The van der Waals surface area contributed by atoms with Crippen molar-refractivity contribution in [2.45, 2.75) is 38.6 Å². The summed E-state index contributed by atoms with van der Waals surface area (Å²) in [7, 11) is -3.19. The van der Waals surface area contributed by atoms with Gasteiger partial charge in [-0.1, -0.05) is 0 Å². The summed E-state index contributed by atoms with van der Waals surface area (Å²) in [6.45, 7) is 2.97. The van der Waals surface area contributed by atoms with Crippen molar-refractivity contribution >= 4 is 15.9 Å². The fourth-order valence-corrected chi connectivity index (χ4v) is 3.82. The van der Waals surface area contributed by atoms with Crippen molar-refractivity contribution in [1.29, 1.82) is 0 Å². The van der Waals surface area contributed by atoms with Gasteiger partial charge in [0, 0.05) is 25.7 Å². The number of hydrogen-bond donors (Lipinski definition) is 2. The number of amides is 1. The van der Waals surface area contributed by atoms with E-state index in [2.05, 4.69) is 5.32 Å². The van der Waals surface area contributed by atoms with E-state index in [1.807, 2.05) is 0 Å². The third-order valence-corrected chi connectivity index (χ3v) is 6.10. The Kier molecular flexibility index (Phi) is 5.04. The standard InChI is InChI=1S/C13H25N3O3S/c1-2-20(18,19)16-7-3-4-11(9-16)13(17)15-8-12(14)10-5-6-10/h10-12H,2-9,14H2,1H3,(H,15,17).